The van der Waals surface area contributed by atoms with Gasteiger partial charge in [0.25, 0.3) is 0 Å². The molecule has 0 aromatic heterocycles. The van der Waals surface area contributed by atoms with E-state index in [0.717, 1.165) is 19.5 Å². The predicted octanol–water partition coefficient (Wildman–Crippen LogP) is -0.0332. The van der Waals surface area contributed by atoms with E-state index in [1.807, 2.05) is 0 Å². The number of carbonyl (C=O) groups excluding carboxylic acids is 1. The van der Waals surface area contributed by atoms with Crippen molar-refractivity contribution in [3.05, 3.63) is 35.4 Å². The first-order chi connectivity index (χ1) is 10.1. The van der Waals surface area contributed by atoms with Crippen molar-refractivity contribution in [2.75, 3.05) is 32.7 Å². The number of carbonyl (C=O) groups is 1. The molecule has 1 atom stereocenters. The topological polar surface area (TPSA) is 69.8 Å². The fourth-order valence-corrected chi connectivity index (χ4v) is 3.43. The minimum absolute atomic E-state index is 0.0210. The molecule has 114 valence electrons. The van der Waals surface area contributed by atoms with Crippen LogP contribution in [-0.2, 0) is 17.8 Å². The number of benzene rings is 1. The minimum Gasteiger partial charge on any atom is -0.387 e. The lowest BCUT2D eigenvalue weighted by Gasteiger charge is -2.34. The van der Waals surface area contributed by atoms with Crippen LogP contribution in [0.1, 0.15) is 17.5 Å². The highest BCUT2D eigenvalue weighted by Gasteiger charge is 2.39. The van der Waals surface area contributed by atoms with Crippen LogP contribution in [0.5, 0.6) is 0 Å². The van der Waals surface area contributed by atoms with Crippen molar-refractivity contribution < 1.29 is 9.90 Å². The van der Waals surface area contributed by atoms with Crippen LogP contribution in [0.2, 0.25) is 0 Å². The molecule has 2 heterocycles. The maximum absolute atomic E-state index is 11.6. The molecule has 1 saturated heterocycles. The van der Waals surface area contributed by atoms with Gasteiger partial charge in [-0.15, -0.1) is 0 Å². The van der Waals surface area contributed by atoms with E-state index < -0.39 is 5.60 Å². The monoisotopic (exact) mass is 289 g/mol. The molecule has 1 aromatic carbocycles. The van der Waals surface area contributed by atoms with E-state index >= 15 is 0 Å². The van der Waals surface area contributed by atoms with E-state index in [9.17, 15) is 9.90 Å². The lowest BCUT2D eigenvalue weighted by atomic mass is 9.97. The maximum atomic E-state index is 11.6. The van der Waals surface area contributed by atoms with Gasteiger partial charge in [-0.05, 0) is 24.0 Å². The minimum atomic E-state index is -0.795. The number of nitrogens with zero attached hydrogens (tertiary/aromatic N) is 2. The molecule has 3 N–H and O–H groups in total. The highest BCUT2D eigenvalue weighted by Crippen LogP contribution is 2.26. The van der Waals surface area contributed by atoms with E-state index in [2.05, 4.69) is 29.2 Å². The third kappa shape index (κ3) is 3.10. The molecule has 1 amide bonds. The number of nitrogens with two attached hydrogens (primary N) is 1. The Kier molecular flexibility index (Phi) is 3.97. The summed E-state index contributed by atoms with van der Waals surface area (Å²) in [6.07, 6.45) is 1.66. The van der Waals surface area contributed by atoms with Crippen LogP contribution in [-0.4, -0.2) is 59.1 Å². The lowest BCUT2D eigenvalue weighted by molar-refractivity contribution is -0.129. The van der Waals surface area contributed by atoms with Crippen molar-refractivity contribution in [2.45, 2.75) is 25.0 Å². The summed E-state index contributed by atoms with van der Waals surface area (Å²) in [5.41, 5.74) is 7.36. The fourth-order valence-electron chi connectivity index (χ4n) is 3.43. The summed E-state index contributed by atoms with van der Waals surface area (Å²) in [5.74, 6) is -0.0742. The van der Waals surface area contributed by atoms with Gasteiger partial charge in [0.1, 0.15) is 0 Å². The van der Waals surface area contributed by atoms with Gasteiger partial charge in [0.2, 0.25) is 5.91 Å². The van der Waals surface area contributed by atoms with Crippen molar-refractivity contribution in [2.24, 2.45) is 5.73 Å². The average Bonchev–Trinajstić information content (AvgIpc) is 2.88. The molecule has 0 saturated carbocycles. The summed E-state index contributed by atoms with van der Waals surface area (Å²) < 4.78 is 0. The summed E-state index contributed by atoms with van der Waals surface area (Å²) in [6, 6.07) is 8.48. The summed E-state index contributed by atoms with van der Waals surface area (Å²) in [7, 11) is 0. The van der Waals surface area contributed by atoms with Crippen LogP contribution in [0.4, 0.5) is 0 Å². The van der Waals surface area contributed by atoms with E-state index in [0.29, 0.717) is 26.1 Å². The Balaban J connectivity index is 1.62. The quantitative estimate of drug-likeness (QED) is 0.820. The number of rotatable bonds is 3. The number of fused-ring (bicyclic) bond motifs is 1. The molecule has 2 aliphatic rings. The second kappa shape index (κ2) is 5.75. The van der Waals surface area contributed by atoms with Gasteiger partial charge in [0.15, 0.2) is 0 Å². The number of aliphatic hydroxyl groups is 1. The van der Waals surface area contributed by atoms with Crippen LogP contribution in [0.3, 0.4) is 0 Å². The Hall–Kier alpha value is -1.43. The molecule has 1 fully saturated rings. The van der Waals surface area contributed by atoms with Crippen molar-refractivity contribution in [3.8, 4) is 0 Å². The van der Waals surface area contributed by atoms with Crippen LogP contribution < -0.4 is 5.73 Å². The summed E-state index contributed by atoms with van der Waals surface area (Å²) >= 11 is 0. The van der Waals surface area contributed by atoms with Crippen molar-refractivity contribution >= 4 is 5.91 Å². The van der Waals surface area contributed by atoms with E-state index in [4.69, 9.17) is 5.73 Å². The van der Waals surface area contributed by atoms with Gasteiger partial charge in [0, 0.05) is 26.2 Å². The summed E-state index contributed by atoms with van der Waals surface area (Å²) in [5, 5.41) is 10.7. The Morgan fingerprint density at radius 1 is 1.29 bits per heavy atom. The highest BCUT2D eigenvalue weighted by atomic mass is 16.3. The molecule has 5 nitrogen and oxygen atoms in total. The molecular formula is C16H23N3O2. The van der Waals surface area contributed by atoms with Gasteiger partial charge in [-0.1, -0.05) is 24.3 Å². The second-order valence-electron chi connectivity index (χ2n) is 6.22. The van der Waals surface area contributed by atoms with Crippen molar-refractivity contribution in [1.29, 1.82) is 0 Å². The predicted molar refractivity (Wildman–Crippen MR) is 80.6 cm³/mol. The molecule has 21 heavy (non-hydrogen) atoms. The zero-order valence-electron chi connectivity index (χ0n) is 12.3. The number of hydrogen-bond donors (Lipinski definition) is 2. The average molecular weight is 289 g/mol. The van der Waals surface area contributed by atoms with Gasteiger partial charge in [-0.3, -0.25) is 9.69 Å². The molecule has 1 aromatic rings. The van der Waals surface area contributed by atoms with Crippen LogP contribution >= 0.6 is 0 Å². The third-order valence-corrected chi connectivity index (χ3v) is 4.59. The molecule has 2 aliphatic heterocycles. The Bertz CT molecular complexity index is 534. The highest BCUT2D eigenvalue weighted by molar-refractivity contribution is 5.78. The molecule has 0 radical (unpaired) electrons. The maximum Gasteiger partial charge on any atom is 0.236 e. The zero-order valence-corrected chi connectivity index (χ0v) is 12.3. The van der Waals surface area contributed by atoms with Crippen LogP contribution in [0, 0.1) is 0 Å². The first-order valence-electron chi connectivity index (χ1n) is 7.59. The van der Waals surface area contributed by atoms with E-state index in [-0.39, 0.29) is 12.5 Å². The fraction of sp³-hybridized carbons (Fsp3) is 0.562. The SMILES string of the molecule is NCC(=O)N1CC[C@](O)(CN2CCc3ccccc3C2)C1. The number of amides is 1. The van der Waals surface area contributed by atoms with Gasteiger partial charge in [-0.2, -0.15) is 0 Å². The van der Waals surface area contributed by atoms with E-state index in [1.165, 1.54) is 11.1 Å². The van der Waals surface area contributed by atoms with E-state index in [1.54, 1.807) is 4.90 Å². The first-order valence-corrected chi connectivity index (χ1v) is 7.59. The number of likely N-dealkylation sites (tertiary alicyclic amines) is 1. The number of β-amino-alcohol motifs (C(OH)–C–C–N with tert-alkyl or cyclic N) is 1. The molecule has 0 spiro atoms. The summed E-state index contributed by atoms with van der Waals surface area (Å²) in [4.78, 5) is 15.6. The van der Waals surface area contributed by atoms with Gasteiger partial charge in [-0.25, -0.2) is 0 Å². The molecule has 3 rings (SSSR count). The van der Waals surface area contributed by atoms with Crippen LogP contribution in [0.15, 0.2) is 24.3 Å². The Labute approximate surface area is 125 Å². The third-order valence-electron chi connectivity index (χ3n) is 4.59. The molecule has 0 bridgehead atoms. The van der Waals surface area contributed by atoms with Gasteiger partial charge < -0.3 is 15.7 Å². The van der Waals surface area contributed by atoms with Gasteiger partial charge >= 0.3 is 0 Å². The molecule has 0 aliphatic carbocycles. The Morgan fingerprint density at radius 2 is 2.05 bits per heavy atom. The first kappa shape index (κ1) is 14.5. The molecule has 5 heteroatoms. The smallest absolute Gasteiger partial charge is 0.236 e. The Morgan fingerprint density at radius 3 is 2.81 bits per heavy atom. The van der Waals surface area contributed by atoms with Crippen molar-refractivity contribution in [3.63, 3.8) is 0 Å². The van der Waals surface area contributed by atoms with Crippen LogP contribution in [0.25, 0.3) is 0 Å². The molecule has 0 unspecified atom stereocenters. The summed E-state index contributed by atoms with van der Waals surface area (Å²) in [6.45, 7) is 3.49. The zero-order chi connectivity index (χ0) is 14.9. The normalized spacial score (nSPS) is 25.9. The largest absolute Gasteiger partial charge is 0.387 e. The number of hydrogen-bond acceptors (Lipinski definition) is 4. The molecular weight excluding hydrogens is 266 g/mol. The van der Waals surface area contributed by atoms with Crippen molar-refractivity contribution in [1.82, 2.24) is 9.80 Å². The lowest BCUT2D eigenvalue weighted by Crippen LogP contribution is -2.47. The van der Waals surface area contributed by atoms with Gasteiger partial charge in [0.05, 0.1) is 18.7 Å². The second-order valence-corrected chi connectivity index (χ2v) is 6.22. The standard InChI is InChI=1S/C16H23N3O2/c17-9-15(20)19-8-6-16(21,12-19)11-18-7-5-13-3-1-2-4-14(13)10-18/h1-4,21H,5-12,17H2/t16-/m0/s1.